The Kier molecular flexibility index (Phi) is 4.63. The second kappa shape index (κ2) is 6.84. The Balaban J connectivity index is 2.12. The summed E-state index contributed by atoms with van der Waals surface area (Å²) in [6.45, 7) is 0. The third-order valence-electron chi connectivity index (χ3n) is 3.89. The normalized spacial score (nSPS) is 17.2. The van der Waals surface area contributed by atoms with Crippen LogP contribution in [0.3, 0.4) is 0 Å². The fraction of sp³-hybridized carbons (Fsp3) is 0.222. The fourth-order valence-corrected chi connectivity index (χ4v) is 3.04. The first-order valence-electron chi connectivity index (χ1n) is 7.52. The van der Waals surface area contributed by atoms with Crippen LogP contribution in [0.15, 0.2) is 54.6 Å². The Morgan fingerprint density at radius 1 is 1.13 bits per heavy atom. The number of amides is 2. The van der Waals surface area contributed by atoms with Crippen molar-refractivity contribution in [3.63, 3.8) is 0 Å². The number of rotatable bonds is 3. The number of carbonyl (C=O) groups is 2. The summed E-state index contributed by atoms with van der Waals surface area (Å²) in [5.74, 6) is 0.0608. The number of nitrogens with zero attached hydrogens (tertiary/aromatic N) is 1. The average molecular weight is 329 g/mol. The zero-order valence-corrected chi connectivity index (χ0v) is 13.3. The van der Waals surface area contributed by atoms with Crippen molar-refractivity contribution in [2.45, 2.75) is 18.9 Å². The molecule has 2 aromatic rings. The monoisotopic (exact) mass is 328 g/mol. The van der Waals surface area contributed by atoms with Gasteiger partial charge in [-0.15, -0.1) is 11.6 Å². The van der Waals surface area contributed by atoms with Crippen LogP contribution >= 0.6 is 11.6 Å². The lowest BCUT2D eigenvalue weighted by molar-refractivity contribution is -0.119. The van der Waals surface area contributed by atoms with Gasteiger partial charge in [-0.05, 0) is 17.7 Å². The van der Waals surface area contributed by atoms with E-state index in [9.17, 15) is 9.59 Å². The number of benzene rings is 2. The predicted molar refractivity (Wildman–Crippen MR) is 91.7 cm³/mol. The molecule has 0 unspecified atom stereocenters. The van der Waals surface area contributed by atoms with Gasteiger partial charge in [0.2, 0.25) is 11.8 Å². The van der Waals surface area contributed by atoms with Gasteiger partial charge in [0.1, 0.15) is 0 Å². The molecule has 2 amide bonds. The van der Waals surface area contributed by atoms with Crippen molar-refractivity contribution < 1.29 is 9.59 Å². The van der Waals surface area contributed by atoms with Crippen molar-refractivity contribution in [3.05, 3.63) is 60.2 Å². The van der Waals surface area contributed by atoms with E-state index in [1.54, 1.807) is 4.90 Å². The zero-order valence-electron chi connectivity index (χ0n) is 12.5. The van der Waals surface area contributed by atoms with Gasteiger partial charge < -0.3 is 10.2 Å². The number of halogens is 1. The molecular weight excluding hydrogens is 312 g/mol. The molecule has 2 aromatic carbocycles. The van der Waals surface area contributed by atoms with Crippen LogP contribution in [0.5, 0.6) is 0 Å². The van der Waals surface area contributed by atoms with Gasteiger partial charge in [-0.3, -0.25) is 9.59 Å². The minimum atomic E-state index is -0.337. The van der Waals surface area contributed by atoms with E-state index in [0.717, 1.165) is 5.56 Å². The van der Waals surface area contributed by atoms with E-state index in [1.807, 2.05) is 54.6 Å². The van der Waals surface area contributed by atoms with Crippen molar-refractivity contribution in [2.75, 3.05) is 16.1 Å². The van der Waals surface area contributed by atoms with Gasteiger partial charge in [0, 0.05) is 12.3 Å². The summed E-state index contributed by atoms with van der Waals surface area (Å²) < 4.78 is 0. The third-order valence-corrected chi connectivity index (χ3v) is 4.08. The van der Waals surface area contributed by atoms with Crippen molar-refractivity contribution in [3.8, 4) is 0 Å². The molecule has 1 atom stereocenters. The molecular formula is C18H17ClN2O2. The Labute approximate surface area is 140 Å². The minimum absolute atomic E-state index is 0.0854. The Hall–Kier alpha value is -2.33. The number of fused-ring (bicyclic) bond motifs is 1. The lowest BCUT2D eigenvalue weighted by atomic mass is 10.0. The molecule has 0 radical (unpaired) electrons. The molecule has 0 aromatic heterocycles. The third kappa shape index (κ3) is 3.22. The summed E-state index contributed by atoms with van der Waals surface area (Å²) >= 11 is 5.78. The topological polar surface area (TPSA) is 49.4 Å². The Bertz CT molecular complexity index is 718. The van der Waals surface area contributed by atoms with Crippen molar-refractivity contribution in [1.82, 2.24) is 0 Å². The number of anilines is 2. The van der Waals surface area contributed by atoms with Crippen LogP contribution in [0.1, 0.15) is 24.4 Å². The largest absolute Gasteiger partial charge is 0.324 e. The molecule has 118 valence electrons. The molecule has 5 heteroatoms. The molecule has 23 heavy (non-hydrogen) atoms. The van der Waals surface area contributed by atoms with Crippen LogP contribution in [0.2, 0.25) is 0 Å². The van der Waals surface area contributed by atoms with Gasteiger partial charge in [-0.25, -0.2) is 0 Å². The standard InChI is InChI=1S/C18H17ClN2O2/c19-11-10-18(23)21-15-9-5-4-8-14(15)20-17(22)12-16(21)13-6-2-1-3-7-13/h1-9,16H,10-12H2,(H,20,22)/t16-/m0/s1. The van der Waals surface area contributed by atoms with Crippen LogP contribution in [0.4, 0.5) is 11.4 Å². The van der Waals surface area contributed by atoms with Gasteiger partial charge in [0.05, 0.1) is 23.8 Å². The SMILES string of the molecule is O=C1C[C@@H](c2ccccc2)N(C(=O)CCCl)c2ccccc2N1. The van der Waals surface area contributed by atoms with Crippen molar-refractivity contribution in [2.24, 2.45) is 0 Å². The highest BCUT2D eigenvalue weighted by molar-refractivity contribution is 6.19. The highest BCUT2D eigenvalue weighted by Gasteiger charge is 2.32. The number of alkyl halides is 1. The molecule has 0 saturated carbocycles. The second-order valence-corrected chi connectivity index (χ2v) is 5.78. The second-order valence-electron chi connectivity index (χ2n) is 5.40. The smallest absolute Gasteiger partial charge is 0.228 e. The molecule has 1 aliphatic heterocycles. The van der Waals surface area contributed by atoms with Gasteiger partial charge in [0.25, 0.3) is 0 Å². The van der Waals surface area contributed by atoms with Crippen LogP contribution in [-0.4, -0.2) is 17.7 Å². The molecule has 0 aliphatic carbocycles. The Morgan fingerprint density at radius 3 is 2.57 bits per heavy atom. The maximum Gasteiger partial charge on any atom is 0.228 e. The first-order chi connectivity index (χ1) is 11.2. The van der Waals surface area contributed by atoms with Gasteiger partial charge in [-0.1, -0.05) is 42.5 Å². The van der Waals surface area contributed by atoms with E-state index in [2.05, 4.69) is 5.32 Å². The number of para-hydroxylation sites is 2. The summed E-state index contributed by atoms with van der Waals surface area (Å²) in [6.07, 6.45) is 0.445. The molecule has 4 nitrogen and oxygen atoms in total. The number of hydrogen-bond donors (Lipinski definition) is 1. The zero-order chi connectivity index (χ0) is 16.2. The van der Waals surface area contributed by atoms with Gasteiger partial charge >= 0.3 is 0 Å². The quantitative estimate of drug-likeness (QED) is 0.873. The van der Waals surface area contributed by atoms with E-state index in [1.165, 1.54) is 0 Å². The van der Waals surface area contributed by atoms with E-state index >= 15 is 0 Å². The van der Waals surface area contributed by atoms with Crippen LogP contribution in [0, 0.1) is 0 Å². The summed E-state index contributed by atoms with van der Waals surface area (Å²) in [6, 6.07) is 16.6. The van der Waals surface area contributed by atoms with Crippen molar-refractivity contribution in [1.29, 1.82) is 0 Å². The number of nitrogens with one attached hydrogen (secondary N) is 1. The highest BCUT2D eigenvalue weighted by Crippen LogP contribution is 2.38. The van der Waals surface area contributed by atoms with E-state index in [0.29, 0.717) is 11.4 Å². The molecule has 0 fully saturated rings. The van der Waals surface area contributed by atoms with E-state index in [-0.39, 0.29) is 36.6 Å². The van der Waals surface area contributed by atoms with Gasteiger partial charge in [0.15, 0.2) is 0 Å². The molecule has 3 rings (SSSR count). The van der Waals surface area contributed by atoms with E-state index in [4.69, 9.17) is 11.6 Å². The lowest BCUT2D eigenvalue weighted by Crippen LogP contribution is -2.35. The summed E-state index contributed by atoms with van der Waals surface area (Å²) in [7, 11) is 0. The molecule has 0 spiro atoms. The predicted octanol–water partition coefficient (Wildman–Crippen LogP) is 3.73. The first kappa shape index (κ1) is 15.6. The van der Waals surface area contributed by atoms with Crippen molar-refractivity contribution >= 4 is 34.8 Å². The maximum absolute atomic E-state index is 12.7. The number of hydrogen-bond acceptors (Lipinski definition) is 2. The Morgan fingerprint density at radius 2 is 1.83 bits per heavy atom. The summed E-state index contributed by atoms with van der Waals surface area (Å²) in [5, 5.41) is 2.88. The highest BCUT2D eigenvalue weighted by atomic mass is 35.5. The van der Waals surface area contributed by atoms with Gasteiger partial charge in [-0.2, -0.15) is 0 Å². The summed E-state index contributed by atoms with van der Waals surface area (Å²) in [4.78, 5) is 26.7. The molecule has 0 saturated heterocycles. The maximum atomic E-state index is 12.7. The van der Waals surface area contributed by atoms with E-state index < -0.39 is 0 Å². The first-order valence-corrected chi connectivity index (χ1v) is 8.06. The summed E-state index contributed by atoms with van der Waals surface area (Å²) in [5.41, 5.74) is 2.29. The average Bonchev–Trinajstić information content (AvgIpc) is 2.71. The fourth-order valence-electron chi connectivity index (χ4n) is 2.88. The molecule has 0 bridgehead atoms. The molecule has 1 N–H and O–H groups in total. The van der Waals surface area contributed by atoms with Crippen LogP contribution < -0.4 is 10.2 Å². The molecule has 1 heterocycles. The van der Waals surface area contributed by atoms with Crippen LogP contribution in [0.25, 0.3) is 0 Å². The molecule has 1 aliphatic rings. The van der Waals surface area contributed by atoms with Crippen LogP contribution in [-0.2, 0) is 9.59 Å². The minimum Gasteiger partial charge on any atom is -0.324 e. The number of carbonyl (C=O) groups excluding carboxylic acids is 2. The lowest BCUT2D eigenvalue weighted by Gasteiger charge is -2.30.